The number of hydrogen-bond donors (Lipinski definition) is 1. The number of carbonyl (C=O) groups is 2. The van der Waals surface area contributed by atoms with Crippen LogP contribution in [0.4, 0.5) is 15.8 Å². The molecule has 1 N–H and O–H groups in total. The fraction of sp³-hybridized carbons (Fsp3) is 0.105. The van der Waals surface area contributed by atoms with Gasteiger partial charge in [-0.1, -0.05) is 11.6 Å². The first-order valence-electron chi connectivity index (χ1n) is 8.39. The van der Waals surface area contributed by atoms with Crippen LogP contribution >= 0.6 is 22.9 Å². The zero-order valence-corrected chi connectivity index (χ0v) is 16.9. The number of benzene rings is 2. The molecule has 0 aliphatic rings. The molecule has 0 saturated heterocycles. The molecule has 2 aromatic carbocycles. The van der Waals surface area contributed by atoms with Gasteiger partial charge in [0.25, 0.3) is 11.6 Å². The molecule has 1 heterocycles. The number of carbonyl (C=O) groups excluding carboxylic acids is 2. The van der Waals surface area contributed by atoms with E-state index >= 15 is 0 Å². The minimum atomic E-state index is -0.733. The van der Waals surface area contributed by atoms with Crippen LogP contribution in [0.1, 0.15) is 15.4 Å². The second-order valence-electron chi connectivity index (χ2n) is 5.99. The van der Waals surface area contributed by atoms with Crippen molar-refractivity contribution in [3.63, 3.8) is 0 Å². The maximum Gasteiger partial charge on any atom is 0.350 e. The number of nitro benzene ring substituents is 1. The van der Waals surface area contributed by atoms with Gasteiger partial charge in [-0.2, -0.15) is 0 Å². The van der Waals surface area contributed by atoms with Gasteiger partial charge in [0.2, 0.25) is 0 Å². The number of thiazole rings is 1. The third kappa shape index (κ3) is 4.97. The number of anilines is 1. The average Bonchev–Trinajstić information content (AvgIpc) is 3.09. The molecule has 11 heteroatoms. The van der Waals surface area contributed by atoms with Crippen LogP contribution in [0.3, 0.4) is 0 Å². The molecular formula is C19H13ClFN3O5S. The number of nitrogens with one attached hydrogen (secondary N) is 1. The van der Waals surface area contributed by atoms with Crippen molar-refractivity contribution in [2.45, 2.75) is 6.92 Å². The van der Waals surface area contributed by atoms with Crippen LogP contribution in [0.2, 0.25) is 5.02 Å². The molecule has 154 valence electrons. The van der Waals surface area contributed by atoms with Crippen molar-refractivity contribution < 1.29 is 23.6 Å². The maximum atomic E-state index is 13.1. The molecular weight excluding hydrogens is 437 g/mol. The Hall–Kier alpha value is -3.37. The van der Waals surface area contributed by atoms with Gasteiger partial charge in [-0.3, -0.25) is 14.9 Å². The zero-order chi connectivity index (χ0) is 21.8. The number of esters is 1. The summed E-state index contributed by atoms with van der Waals surface area (Å²) in [6.45, 7) is 1.03. The molecule has 0 saturated carbocycles. The molecule has 0 atom stereocenters. The molecule has 0 radical (unpaired) electrons. The lowest BCUT2D eigenvalue weighted by molar-refractivity contribution is -0.384. The van der Waals surface area contributed by atoms with Crippen LogP contribution in [-0.2, 0) is 9.53 Å². The van der Waals surface area contributed by atoms with E-state index in [1.807, 2.05) is 0 Å². The number of nitro groups is 1. The second-order valence-corrected chi connectivity index (χ2v) is 7.39. The molecule has 0 aliphatic carbocycles. The van der Waals surface area contributed by atoms with Gasteiger partial charge in [0, 0.05) is 17.7 Å². The van der Waals surface area contributed by atoms with Gasteiger partial charge < -0.3 is 10.1 Å². The van der Waals surface area contributed by atoms with E-state index in [0.717, 1.165) is 17.4 Å². The summed E-state index contributed by atoms with van der Waals surface area (Å²) >= 11 is 6.97. The summed E-state index contributed by atoms with van der Waals surface area (Å²) in [4.78, 5) is 39.0. The summed E-state index contributed by atoms with van der Waals surface area (Å²) in [6.07, 6.45) is 0. The third-order valence-corrected chi connectivity index (χ3v) is 5.34. The normalized spacial score (nSPS) is 10.5. The summed E-state index contributed by atoms with van der Waals surface area (Å²) in [5, 5.41) is 13.6. The molecule has 1 amide bonds. The van der Waals surface area contributed by atoms with Crippen molar-refractivity contribution in [3.05, 3.63) is 74.0 Å². The molecule has 0 unspecified atom stereocenters. The Bertz CT molecular complexity index is 1130. The zero-order valence-electron chi connectivity index (χ0n) is 15.3. The quantitative estimate of drug-likeness (QED) is 0.334. The molecule has 0 fully saturated rings. The number of amides is 1. The SMILES string of the molecule is Cc1nc(-c2ccc(F)cc2)sc1C(=O)OCC(=O)Nc1ccc([N+](=O)[O-])cc1Cl. The van der Waals surface area contributed by atoms with Crippen LogP contribution in [-0.4, -0.2) is 28.4 Å². The fourth-order valence-corrected chi connectivity index (χ4v) is 3.59. The number of ether oxygens (including phenoxy) is 1. The number of non-ortho nitro benzene ring substituents is 1. The molecule has 8 nitrogen and oxygen atoms in total. The van der Waals surface area contributed by atoms with Gasteiger partial charge in [0.05, 0.1) is 21.3 Å². The third-order valence-electron chi connectivity index (χ3n) is 3.85. The molecule has 30 heavy (non-hydrogen) atoms. The highest BCUT2D eigenvalue weighted by Crippen LogP contribution is 2.29. The highest BCUT2D eigenvalue weighted by Gasteiger charge is 2.19. The van der Waals surface area contributed by atoms with E-state index in [2.05, 4.69) is 10.3 Å². The summed E-state index contributed by atoms with van der Waals surface area (Å²) in [5.74, 6) is -1.78. The summed E-state index contributed by atoms with van der Waals surface area (Å²) in [6, 6.07) is 9.23. The van der Waals surface area contributed by atoms with Crippen LogP contribution in [0.25, 0.3) is 10.6 Å². The minimum Gasteiger partial charge on any atom is -0.451 e. The molecule has 0 aliphatic heterocycles. The van der Waals surface area contributed by atoms with Gasteiger partial charge >= 0.3 is 5.97 Å². The first-order valence-corrected chi connectivity index (χ1v) is 9.58. The molecule has 1 aromatic heterocycles. The molecule has 0 bridgehead atoms. The monoisotopic (exact) mass is 449 g/mol. The van der Waals surface area contributed by atoms with Crippen LogP contribution in [0, 0.1) is 22.9 Å². The number of halogens is 2. The standard InChI is InChI=1S/C19H13ClFN3O5S/c1-10-17(30-18(22-10)11-2-4-12(21)5-3-11)19(26)29-9-16(25)23-15-7-6-13(24(27)28)8-14(15)20/h2-8H,9H2,1H3,(H,23,25). The molecule has 3 rings (SSSR count). The van der Waals surface area contributed by atoms with Crippen molar-refractivity contribution in [1.82, 2.24) is 4.98 Å². The Balaban J connectivity index is 1.62. The lowest BCUT2D eigenvalue weighted by Crippen LogP contribution is -2.21. The van der Waals surface area contributed by atoms with Gasteiger partial charge in [0.1, 0.15) is 15.7 Å². The number of aromatic nitrogens is 1. The number of rotatable bonds is 6. The van der Waals surface area contributed by atoms with E-state index in [0.29, 0.717) is 16.3 Å². The Morgan fingerprint density at radius 2 is 1.97 bits per heavy atom. The summed E-state index contributed by atoms with van der Waals surface area (Å²) in [7, 11) is 0. The van der Waals surface area contributed by atoms with Gasteiger partial charge in [-0.25, -0.2) is 14.2 Å². The Labute approximate surface area is 178 Å². The summed E-state index contributed by atoms with van der Waals surface area (Å²) in [5.41, 5.74) is 0.996. The minimum absolute atomic E-state index is 0.0221. The largest absolute Gasteiger partial charge is 0.451 e. The number of hydrogen-bond acceptors (Lipinski definition) is 7. The van der Waals surface area contributed by atoms with E-state index in [4.69, 9.17) is 16.3 Å². The molecule has 3 aromatic rings. The Morgan fingerprint density at radius 3 is 2.60 bits per heavy atom. The topological polar surface area (TPSA) is 111 Å². The van der Waals surface area contributed by atoms with Gasteiger partial charge in [0.15, 0.2) is 6.61 Å². The Morgan fingerprint density at radius 1 is 1.27 bits per heavy atom. The first-order chi connectivity index (χ1) is 14.2. The highest BCUT2D eigenvalue weighted by atomic mass is 35.5. The van der Waals surface area contributed by atoms with Crippen LogP contribution in [0.15, 0.2) is 42.5 Å². The average molecular weight is 450 g/mol. The van der Waals surface area contributed by atoms with Crippen molar-refractivity contribution >= 4 is 46.2 Å². The lowest BCUT2D eigenvalue weighted by Gasteiger charge is -2.07. The molecule has 0 spiro atoms. The first kappa shape index (κ1) is 21.3. The van der Waals surface area contributed by atoms with Crippen molar-refractivity contribution in [1.29, 1.82) is 0 Å². The predicted molar refractivity (Wildman–Crippen MR) is 109 cm³/mol. The van der Waals surface area contributed by atoms with Crippen molar-refractivity contribution in [3.8, 4) is 10.6 Å². The van der Waals surface area contributed by atoms with E-state index in [-0.39, 0.29) is 27.1 Å². The van der Waals surface area contributed by atoms with E-state index < -0.39 is 23.4 Å². The fourth-order valence-electron chi connectivity index (χ4n) is 2.40. The van der Waals surface area contributed by atoms with Crippen molar-refractivity contribution in [2.24, 2.45) is 0 Å². The Kier molecular flexibility index (Phi) is 6.38. The van der Waals surface area contributed by atoms with E-state index in [9.17, 15) is 24.1 Å². The van der Waals surface area contributed by atoms with Gasteiger partial charge in [-0.15, -0.1) is 11.3 Å². The highest BCUT2D eigenvalue weighted by molar-refractivity contribution is 7.17. The number of nitrogens with zero attached hydrogens (tertiary/aromatic N) is 2. The van der Waals surface area contributed by atoms with Crippen molar-refractivity contribution in [2.75, 3.05) is 11.9 Å². The lowest BCUT2D eigenvalue weighted by atomic mass is 10.2. The number of aryl methyl sites for hydroxylation is 1. The smallest absolute Gasteiger partial charge is 0.350 e. The second kappa shape index (κ2) is 8.97. The predicted octanol–water partition coefficient (Wildman–Crippen LogP) is 4.61. The van der Waals surface area contributed by atoms with Crippen LogP contribution < -0.4 is 5.32 Å². The summed E-state index contributed by atoms with van der Waals surface area (Å²) < 4.78 is 18.1. The van der Waals surface area contributed by atoms with Crippen LogP contribution in [0.5, 0.6) is 0 Å². The maximum absolute atomic E-state index is 13.1. The van der Waals surface area contributed by atoms with E-state index in [1.165, 1.54) is 24.3 Å². The van der Waals surface area contributed by atoms with E-state index in [1.54, 1.807) is 19.1 Å². The van der Waals surface area contributed by atoms with Gasteiger partial charge in [-0.05, 0) is 37.3 Å².